The summed E-state index contributed by atoms with van der Waals surface area (Å²) in [5, 5.41) is 10.4. The maximum absolute atomic E-state index is 10.4. The van der Waals surface area contributed by atoms with E-state index < -0.39 is 0 Å². The minimum atomic E-state index is -0.364. The molecule has 17 heavy (non-hydrogen) atoms. The van der Waals surface area contributed by atoms with E-state index in [2.05, 4.69) is 12.1 Å². The van der Waals surface area contributed by atoms with Gasteiger partial charge in [-0.1, -0.05) is 24.3 Å². The van der Waals surface area contributed by atoms with Gasteiger partial charge in [-0.2, -0.15) is 0 Å². The van der Waals surface area contributed by atoms with Crippen LogP contribution >= 0.6 is 0 Å². The number of aliphatic hydroxyl groups excluding tert-OH is 1. The quantitative estimate of drug-likeness (QED) is 0.834. The zero-order chi connectivity index (χ0) is 12.1. The fourth-order valence-corrected chi connectivity index (χ4v) is 2.40. The molecule has 3 N–H and O–H groups in total. The summed E-state index contributed by atoms with van der Waals surface area (Å²) in [4.78, 5) is 0. The Kier molecular flexibility index (Phi) is 4.54. The molecule has 1 aliphatic rings. The molecule has 1 unspecified atom stereocenters. The van der Waals surface area contributed by atoms with Crippen molar-refractivity contribution >= 4 is 0 Å². The van der Waals surface area contributed by atoms with Crippen LogP contribution in [0.25, 0.3) is 0 Å². The number of nitrogens with two attached hydrogens (primary N) is 1. The van der Waals surface area contributed by atoms with Crippen LogP contribution in [0.15, 0.2) is 24.3 Å². The van der Waals surface area contributed by atoms with Gasteiger partial charge in [-0.05, 0) is 42.9 Å². The van der Waals surface area contributed by atoms with E-state index in [4.69, 9.17) is 10.5 Å². The van der Waals surface area contributed by atoms with Gasteiger partial charge in [0, 0.05) is 13.2 Å². The predicted molar refractivity (Wildman–Crippen MR) is 67.7 cm³/mol. The van der Waals surface area contributed by atoms with Crippen LogP contribution in [0.3, 0.4) is 0 Å². The molecule has 0 aromatic heterocycles. The number of hydrogen-bond acceptors (Lipinski definition) is 3. The zero-order valence-electron chi connectivity index (χ0n) is 10.1. The summed E-state index contributed by atoms with van der Waals surface area (Å²) < 4.78 is 5.32. The molecular formula is C14H21NO2. The summed E-state index contributed by atoms with van der Waals surface area (Å²) in [7, 11) is 0. The van der Waals surface area contributed by atoms with Crippen molar-refractivity contribution in [3.05, 3.63) is 35.4 Å². The van der Waals surface area contributed by atoms with Gasteiger partial charge in [0.2, 0.25) is 0 Å². The second-order valence-electron chi connectivity index (χ2n) is 4.68. The third kappa shape index (κ3) is 3.28. The highest BCUT2D eigenvalue weighted by Crippen LogP contribution is 2.30. The van der Waals surface area contributed by atoms with E-state index >= 15 is 0 Å². The van der Waals surface area contributed by atoms with Crippen LogP contribution in [-0.4, -0.2) is 24.9 Å². The van der Waals surface area contributed by atoms with E-state index in [0.717, 1.165) is 38.0 Å². The van der Waals surface area contributed by atoms with Crippen molar-refractivity contribution in [2.45, 2.75) is 25.4 Å². The molecule has 1 fully saturated rings. The molecular weight excluding hydrogens is 214 g/mol. The van der Waals surface area contributed by atoms with Crippen LogP contribution in [0.4, 0.5) is 0 Å². The highest BCUT2D eigenvalue weighted by atomic mass is 16.5. The molecule has 94 valence electrons. The molecule has 0 amide bonds. The van der Waals surface area contributed by atoms with E-state index in [1.54, 1.807) is 0 Å². The number of rotatable bonds is 4. The molecule has 1 aromatic rings. The standard InChI is InChI=1S/C14H21NO2/c15-7-4-11-2-1-3-13(10-11)14(16)12-5-8-17-9-6-12/h1-3,10,12,14,16H,4-9,15H2. The summed E-state index contributed by atoms with van der Waals surface area (Å²) in [6.07, 6.45) is 2.40. The SMILES string of the molecule is NCCc1cccc(C(O)C2CCOCC2)c1. The first-order valence-corrected chi connectivity index (χ1v) is 6.36. The molecule has 3 nitrogen and oxygen atoms in total. The first-order valence-electron chi connectivity index (χ1n) is 6.36. The Bertz CT molecular complexity index is 348. The van der Waals surface area contributed by atoms with Gasteiger partial charge in [0.15, 0.2) is 0 Å². The lowest BCUT2D eigenvalue weighted by molar-refractivity contribution is 0.00716. The van der Waals surface area contributed by atoms with Gasteiger partial charge in [-0.3, -0.25) is 0 Å². The molecule has 0 saturated carbocycles. The van der Waals surface area contributed by atoms with Gasteiger partial charge in [0.05, 0.1) is 6.10 Å². The minimum Gasteiger partial charge on any atom is -0.388 e. The van der Waals surface area contributed by atoms with Crippen LogP contribution in [0.2, 0.25) is 0 Å². The number of benzene rings is 1. The summed E-state index contributed by atoms with van der Waals surface area (Å²) in [5.41, 5.74) is 7.77. The van der Waals surface area contributed by atoms with Crippen molar-refractivity contribution in [1.29, 1.82) is 0 Å². The van der Waals surface area contributed by atoms with E-state index in [0.29, 0.717) is 12.5 Å². The largest absolute Gasteiger partial charge is 0.388 e. The molecule has 2 rings (SSSR count). The highest BCUT2D eigenvalue weighted by Gasteiger charge is 2.23. The molecule has 1 aliphatic heterocycles. The Morgan fingerprint density at radius 3 is 2.82 bits per heavy atom. The van der Waals surface area contributed by atoms with Gasteiger partial charge in [-0.25, -0.2) is 0 Å². The van der Waals surface area contributed by atoms with Crippen LogP contribution in [0.5, 0.6) is 0 Å². The maximum atomic E-state index is 10.4. The van der Waals surface area contributed by atoms with Gasteiger partial charge in [-0.15, -0.1) is 0 Å². The summed E-state index contributed by atoms with van der Waals surface area (Å²) in [6.45, 7) is 2.19. The van der Waals surface area contributed by atoms with E-state index in [1.807, 2.05) is 12.1 Å². The number of aliphatic hydroxyl groups is 1. The van der Waals surface area contributed by atoms with Gasteiger partial charge >= 0.3 is 0 Å². The van der Waals surface area contributed by atoms with Gasteiger partial charge < -0.3 is 15.6 Å². The first-order chi connectivity index (χ1) is 8.31. The molecule has 1 atom stereocenters. The van der Waals surface area contributed by atoms with Crippen molar-refractivity contribution in [3.8, 4) is 0 Å². The monoisotopic (exact) mass is 235 g/mol. The smallest absolute Gasteiger partial charge is 0.0820 e. The van der Waals surface area contributed by atoms with E-state index in [9.17, 15) is 5.11 Å². The molecule has 0 spiro atoms. The number of ether oxygens (including phenoxy) is 1. The lowest BCUT2D eigenvalue weighted by Crippen LogP contribution is -2.22. The van der Waals surface area contributed by atoms with Crippen molar-refractivity contribution in [1.82, 2.24) is 0 Å². The third-order valence-corrected chi connectivity index (χ3v) is 3.44. The Hall–Kier alpha value is -0.900. The maximum Gasteiger partial charge on any atom is 0.0820 e. The van der Waals surface area contributed by atoms with Gasteiger partial charge in [0.1, 0.15) is 0 Å². The molecule has 0 aliphatic carbocycles. The Balaban J connectivity index is 2.06. The fraction of sp³-hybridized carbons (Fsp3) is 0.571. The Morgan fingerprint density at radius 1 is 1.35 bits per heavy atom. The fourth-order valence-electron chi connectivity index (χ4n) is 2.40. The number of hydrogen-bond donors (Lipinski definition) is 2. The Morgan fingerprint density at radius 2 is 2.12 bits per heavy atom. The van der Waals surface area contributed by atoms with Crippen molar-refractivity contribution in [3.63, 3.8) is 0 Å². The molecule has 0 bridgehead atoms. The first kappa shape index (κ1) is 12.6. The average Bonchev–Trinajstić information content (AvgIpc) is 2.40. The van der Waals surface area contributed by atoms with Crippen molar-refractivity contribution in [2.24, 2.45) is 11.7 Å². The van der Waals surface area contributed by atoms with Gasteiger partial charge in [0.25, 0.3) is 0 Å². The van der Waals surface area contributed by atoms with Crippen molar-refractivity contribution in [2.75, 3.05) is 19.8 Å². The molecule has 0 radical (unpaired) electrons. The van der Waals surface area contributed by atoms with Crippen LogP contribution < -0.4 is 5.73 Å². The van der Waals surface area contributed by atoms with E-state index in [1.165, 1.54) is 5.56 Å². The van der Waals surface area contributed by atoms with Crippen LogP contribution in [0, 0.1) is 5.92 Å². The van der Waals surface area contributed by atoms with E-state index in [-0.39, 0.29) is 6.10 Å². The van der Waals surface area contributed by atoms with Crippen LogP contribution in [0.1, 0.15) is 30.1 Å². The second kappa shape index (κ2) is 6.15. The third-order valence-electron chi connectivity index (χ3n) is 3.44. The molecule has 3 heteroatoms. The van der Waals surface area contributed by atoms with Crippen LogP contribution in [-0.2, 0) is 11.2 Å². The Labute approximate surface area is 103 Å². The summed E-state index contributed by atoms with van der Waals surface area (Å²) >= 11 is 0. The topological polar surface area (TPSA) is 55.5 Å². The predicted octanol–water partition coefficient (Wildman–Crippen LogP) is 1.65. The van der Waals surface area contributed by atoms with Crippen molar-refractivity contribution < 1.29 is 9.84 Å². The second-order valence-corrected chi connectivity index (χ2v) is 4.68. The average molecular weight is 235 g/mol. The summed E-state index contributed by atoms with van der Waals surface area (Å²) in [5.74, 6) is 0.330. The normalized spacial score (nSPS) is 19.2. The lowest BCUT2D eigenvalue weighted by atomic mass is 9.88. The molecule has 1 aromatic carbocycles. The summed E-state index contributed by atoms with van der Waals surface area (Å²) in [6, 6.07) is 8.14. The molecule has 1 heterocycles. The highest BCUT2D eigenvalue weighted by molar-refractivity contribution is 5.26. The lowest BCUT2D eigenvalue weighted by Gasteiger charge is -2.27. The molecule has 1 saturated heterocycles. The minimum absolute atomic E-state index is 0.330. The zero-order valence-corrected chi connectivity index (χ0v) is 10.1.